The van der Waals surface area contributed by atoms with Gasteiger partial charge in [0, 0.05) is 24.5 Å². The molecule has 2 rings (SSSR count). The van der Waals surface area contributed by atoms with Crippen molar-refractivity contribution in [3.05, 3.63) is 48.2 Å². The summed E-state index contributed by atoms with van der Waals surface area (Å²) in [5, 5.41) is 12.5. The highest BCUT2D eigenvalue weighted by molar-refractivity contribution is 5.48. The lowest BCUT2D eigenvalue weighted by Crippen LogP contribution is -2.00. The summed E-state index contributed by atoms with van der Waals surface area (Å²) in [6, 6.07) is 10.7. The van der Waals surface area contributed by atoms with Crippen LogP contribution in [-0.2, 0) is 6.54 Å². The van der Waals surface area contributed by atoms with Gasteiger partial charge in [0.1, 0.15) is 11.6 Å². The number of hydrogen-bond acceptors (Lipinski definition) is 4. The first-order chi connectivity index (χ1) is 7.74. The third kappa shape index (κ3) is 2.63. The largest absolute Gasteiger partial charge is 0.508 e. The number of hydrogen-bond donors (Lipinski definition) is 3. The summed E-state index contributed by atoms with van der Waals surface area (Å²) in [4.78, 5) is 4.00. The molecule has 0 saturated carbocycles. The normalized spacial score (nSPS) is 10.0. The lowest BCUT2D eigenvalue weighted by Gasteiger charge is -2.06. The van der Waals surface area contributed by atoms with Crippen molar-refractivity contribution >= 4 is 11.5 Å². The van der Waals surface area contributed by atoms with E-state index in [1.807, 2.05) is 12.1 Å². The molecule has 4 nitrogen and oxygen atoms in total. The molecular formula is C12H13N3O. The molecule has 0 aliphatic carbocycles. The van der Waals surface area contributed by atoms with Crippen LogP contribution in [0.2, 0.25) is 0 Å². The number of rotatable bonds is 3. The van der Waals surface area contributed by atoms with E-state index in [-0.39, 0.29) is 5.75 Å². The van der Waals surface area contributed by atoms with Gasteiger partial charge in [-0.1, -0.05) is 12.1 Å². The average Bonchev–Trinajstić information content (AvgIpc) is 2.28. The predicted molar refractivity (Wildman–Crippen MR) is 64.1 cm³/mol. The number of nitrogens with two attached hydrogens (primary N) is 1. The first kappa shape index (κ1) is 10.3. The third-order valence-corrected chi connectivity index (χ3v) is 2.19. The number of pyridine rings is 1. The van der Waals surface area contributed by atoms with Gasteiger partial charge in [-0.2, -0.15) is 0 Å². The minimum absolute atomic E-state index is 0.250. The summed E-state index contributed by atoms with van der Waals surface area (Å²) in [5.74, 6) is 0.765. The highest BCUT2D eigenvalue weighted by Crippen LogP contribution is 2.16. The van der Waals surface area contributed by atoms with Gasteiger partial charge in [-0.15, -0.1) is 0 Å². The number of benzene rings is 1. The standard InChI is InChI=1S/C12H13N3O/c13-12-5-4-9(8-15-12)7-14-10-2-1-3-11(16)6-10/h1-6,8,14,16H,7H2,(H2,13,15). The Balaban J connectivity index is 1.99. The maximum Gasteiger partial charge on any atom is 0.123 e. The number of nitrogens with one attached hydrogen (secondary N) is 1. The Morgan fingerprint density at radius 3 is 2.81 bits per heavy atom. The molecule has 0 spiro atoms. The van der Waals surface area contributed by atoms with E-state index in [2.05, 4.69) is 10.3 Å². The van der Waals surface area contributed by atoms with Crippen LogP contribution in [0.1, 0.15) is 5.56 Å². The van der Waals surface area contributed by atoms with Gasteiger partial charge in [-0.25, -0.2) is 4.98 Å². The number of anilines is 2. The van der Waals surface area contributed by atoms with Crippen LogP contribution in [0, 0.1) is 0 Å². The van der Waals surface area contributed by atoms with Crippen LogP contribution in [-0.4, -0.2) is 10.1 Å². The molecule has 0 fully saturated rings. The fraction of sp³-hybridized carbons (Fsp3) is 0.0833. The van der Waals surface area contributed by atoms with E-state index in [0.717, 1.165) is 11.3 Å². The predicted octanol–water partition coefficient (Wildman–Crippen LogP) is 1.98. The summed E-state index contributed by atoms with van der Waals surface area (Å²) < 4.78 is 0. The van der Waals surface area contributed by atoms with Gasteiger partial charge >= 0.3 is 0 Å². The molecule has 0 aliphatic heterocycles. The minimum Gasteiger partial charge on any atom is -0.508 e. The van der Waals surface area contributed by atoms with Crippen molar-refractivity contribution < 1.29 is 5.11 Å². The van der Waals surface area contributed by atoms with Gasteiger partial charge in [-0.3, -0.25) is 0 Å². The number of nitrogens with zero attached hydrogens (tertiary/aromatic N) is 1. The van der Waals surface area contributed by atoms with Gasteiger partial charge in [0.25, 0.3) is 0 Å². The molecule has 0 atom stereocenters. The van der Waals surface area contributed by atoms with Crippen LogP contribution < -0.4 is 11.1 Å². The van der Waals surface area contributed by atoms with E-state index < -0.39 is 0 Å². The van der Waals surface area contributed by atoms with Crippen molar-refractivity contribution in [3.63, 3.8) is 0 Å². The molecule has 1 aromatic carbocycles. The van der Waals surface area contributed by atoms with E-state index in [4.69, 9.17) is 5.73 Å². The van der Waals surface area contributed by atoms with Crippen LogP contribution in [0.15, 0.2) is 42.6 Å². The molecule has 0 saturated heterocycles. The molecule has 1 heterocycles. The third-order valence-electron chi connectivity index (χ3n) is 2.19. The maximum atomic E-state index is 9.28. The van der Waals surface area contributed by atoms with Crippen LogP contribution in [0.25, 0.3) is 0 Å². The Kier molecular flexibility index (Phi) is 2.91. The van der Waals surface area contributed by atoms with E-state index in [1.165, 1.54) is 0 Å². The summed E-state index contributed by atoms with van der Waals surface area (Å²) in [6.07, 6.45) is 1.73. The highest BCUT2D eigenvalue weighted by Gasteiger charge is 1.95. The van der Waals surface area contributed by atoms with Gasteiger partial charge in [0.05, 0.1) is 0 Å². The van der Waals surface area contributed by atoms with Crippen LogP contribution in [0.3, 0.4) is 0 Å². The lowest BCUT2D eigenvalue weighted by atomic mass is 10.2. The van der Waals surface area contributed by atoms with Gasteiger partial charge in [0.2, 0.25) is 0 Å². The van der Waals surface area contributed by atoms with E-state index >= 15 is 0 Å². The summed E-state index contributed by atoms with van der Waals surface area (Å²) in [7, 11) is 0. The number of nitrogen functional groups attached to an aromatic ring is 1. The zero-order valence-corrected chi connectivity index (χ0v) is 8.72. The van der Waals surface area contributed by atoms with Gasteiger partial charge < -0.3 is 16.2 Å². The zero-order valence-electron chi connectivity index (χ0n) is 8.72. The Bertz CT molecular complexity index is 468. The highest BCUT2D eigenvalue weighted by atomic mass is 16.3. The molecule has 4 N–H and O–H groups in total. The Morgan fingerprint density at radius 2 is 2.12 bits per heavy atom. The smallest absolute Gasteiger partial charge is 0.123 e. The first-order valence-corrected chi connectivity index (χ1v) is 4.97. The van der Waals surface area contributed by atoms with Crippen LogP contribution in [0.5, 0.6) is 5.75 Å². The summed E-state index contributed by atoms with van der Waals surface area (Å²) in [5.41, 5.74) is 7.40. The van der Waals surface area contributed by atoms with Crippen molar-refractivity contribution in [2.45, 2.75) is 6.54 Å². The van der Waals surface area contributed by atoms with E-state index in [1.54, 1.807) is 30.5 Å². The Hall–Kier alpha value is -2.23. The molecule has 16 heavy (non-hydrogen) atoms. The van der Waals surface area contributed by atoms with Gasteiger partial charge in [-0.05, 0) is 23.8 Å². The Morgan fingerprint density at radius 1 is 1.25 bits per heavy atom. The SMILES string of the molecule is Nc1ccc(CNc2cccc(O)c2)cn1. The summed E-state index contributed by atoms with van der Waals surface area (Å²) in [6.45, 7) is 0.650. The molecule has 1 aromatic heterocycles. The monoisotopic (exact) mass is 215 g/mol. The Labute approximate surface area is 93.8 Å². The number of aromatic nitrogens is 1. The molecule has 0 unspecified atom stereocenters. The molecule has 0 aliphatic rings. The van der Waals surface area contributed by atoms with Crippen molar-refractivity contribution in [2.75, 3.05) is 11.1 Å². The minimum atomic E-state index is 0.250. The zero-order chi connectivity index (χ0) is 11.4. The maximum absolute atomic E-state index is 9.28. The lowest BCUT2D eigenvalue weighted by molar-refractivity contribution is 0.475. The van der Waals surface area contributed by atoms with E-state index in [0.29, 0.717) is 12.4 Å². The second kappa shape index (κ2) is 4.53. The number of phenolic OH excluding ortho intramolecular Hbond substituents is 1. The second-order valence-corrected chi connectivity index (χ2v) is 3.50. The number of phenols is 1. The topological polar surface area (TPSA) is 71.2 Å². The molecule has 2 aromatic rings. The molecule has 82 valence electrons. The molecule has 0 amide bonds. The van der Waals surface area contributed by atoms with Crippen molar-refractivity contribution in [3.8, 4) is 5.75 Å². The van der Waals surface area contributed by atoms with Crippen LogP contribution in [0.4, 0.5) is 11.5 Å². The molecule has 0 radical (unpaired) electrons. The average molecular weight is 215 g/mol. The molecule has 0 bridgehead atoms. The fourth-order valence-corrected chi connectivity index (χ4v) is 1.36. The van der Waals surface area contributed by atoms with Crippen LogP contribution >= 0.6 is 0 Å². The van der Waals surface area contributed by atoms with E-state index in [9.17, 15) is 5.11 Å². The van der Waals surface area contributed by atoms with Crippen molar-refractivity contribution in [2.24, 2.45) is 0 Å². The van der Waals surface area contributed by atoms with Crippen molar-refractivity contribution in [1.29, 1.82) is 0 Å². The van der Waals surface area contributed by atoms with Gasteiger partial charge in [0.15, 0.2) is 0 Å². The molecule has 4 heteroatoms. The summed E-state index contributed by atoms with van der Waals surface area (Å²) >= 11 is 0. The molecular weight excluding hydrogens is 202 g/mol. The number of aromatic hydroxyl groups is 1. The second-order valence-electron chi connectivity index (χ2n) is 3.50. The quantitative estimate of drug-likeness (QED) is 0.732. The van der Waals surface area contributed by atoms with Crippen molar-refractivity contribution in [1.82, 2.24) is 4.98 Å². The fourth-order valence-electron chi connectivity index (χ4n) is 1.36. The first-order valence-electron chi connectivity index (χ1n) is 4.97.